The van der Waals surface area contributed by atoms with E-state index >= 15 is 0 Å². The lowest BCUT2D eigenvalue weighted by molar-refractivity contribution is 0.482. The average Bonchev–Trinajstić information content (AvgIpc) is 2.43. The third kappa shape index (κ3) is 2.79. The van der Waals surface area contributed by atoms with Gasteiger partial charge in [-0.1, -0.05) is 12.1 Å². The Hall–Kier alpha value is -2.07. The first-order valence-electron chi connectivity index (χ1n) is 6.36. The summed E-state index contributed by atoms with van der Waals surface area (Å²) in [7, 11) is -9.33. The highest BCUT2D eigenvalue weighted by Gasteiger charge is 2.21. The van der Waals surface area contributed by atoms with Gasteiger partial charge >= 0.3 is 0 Å². The van der Waals surface area contributed by atoms with Gasteiger partial charge in [-0.15, -0.1) is 0 Å². The summed E-state index contributed by atoms with van der Waals surface area (Å²) in [6, 6.07) is 8.24. The summed E-state index contributed by atoms with van der Waals surface area (Å²) in [5.74, 6) is 0. The van der Waals surface area contributed by atoms with E-state index < -0.39 is 30.0 Å². The van der Waals surface area contributed by atoms with Crippen LogP contribution < -0.4 is 0 Å². The smallest absolute Gasteiger partial charge is 0.282 e. The van der Waals surface area contributed by atoms with E-state index in [0.29, 0.717) is 10.9 Å². The predicted octanol–water partition coefficient (Wildman–Crippen LogP) is 2.19. The maximum atomic E-state index is 11.6. The Morgan fingerprint density at radius 1 is 0.826 bits per heavy atom. The van der Waals surface area contributed by atoms with Gasteiger partial charge in [-0.3, -0.25) is 14.1 Å². The van der Waals surface area contributed by atoms with Crippen LogP contribution >= 0.6 is 0 Å². The van der Waals surface area contributed by atoms with Crippen LogP contribution in [0.4, 0.5) is 0 Å². The molecule has 2 N–H and O–H groups in total. The topological polar surface area (TPSA) is 122 Å². The molecule has 1 heterocycles. The predicted molar refractivity (Wildman–Crippen MR) is 83.6 cm³/mol. The minimum atomic E-state index is -4.68. The van der Waals surface area contributed by atoms with Crippen molar-refractivity contribution in [2.75, 3.05) is 0 Å². The van der Waals surface area contributed by atoms with Gasteiger partial charge in [0.1, 0.15) is 4.90 Å². The molecule has 2 aromatic carbocycles. The zero-order valence-corrected chi connectivity index (χ0v) is 13.4. The van der Waals surface area contributed by atoms with Crippen molar-refractivity contribution >= 4 is 41.9 Å². The van der Waals surface area contributed by atoms with Gasteiger partial charge in [-0.25, -0.2) is 0 Å². The van der Waals surface area contributed by atoms with Crippen LogP contribution in [0, 0.1) is 6.92 Å². The highest BCUT2D eigenvalue weighted by atomic mass is 32.2. The lowest BCUT2D eigenvalue weighted by Crippen LogP contribution is -2.04. The van der Waals surface area contributed by atoms with Gasteiger partial charge < -0.3 is 0 Å². The fraction of sp³-hybridized carbons (Fsp3) is 0.0714. The van der Waals surface area contributed by atoms with Crippen molar-refractivity contribution in [2.24, 2.45) is 0 Å². The first kappa shape index (κ1) is 15.8. The van der Waals surface area contributed by atoms with Gasteiger partial charge in [0.05, 0.1) is 10.4 Å². The van der Waals surface area contributed by atoms with Crippen LogP contribution in [0.15, 0.2) is 46.2 Å². The molecular formula is C14H11NO6S2. The molecule has 9 heteroatoms. The lowest BCUT2D eigenvalue weighted by atomic mass is 10.0. The summed E-state index contributed by atoms with van der Waals surface area (Å²) >= 11 is 0. The van der Waals surface area contributed by atoms with Crippen molar-refractivity contribution in [3.05, 3.63) is 42.1 Å². The molecule has 0 saturated heterocycles. The summed E-state index contributed by atoms with van der Waals surface area (Å²) in [5, 5.41) is 0.888. The van der Waals surface area contributed by atoms with Crippen LogP contribution in [-0.2, 0) is 20.2 Å². The molecular weight excluding hydrogens is 342 g/mol. The highest BCUT2D eigenvalue weighted by Crippen LogP contribution is 2.32. The SMILES string of the molecule is Cc1ccc2c(ccc3c(S(=O)(=O)O)cc(S(=O)(=O)O)cc32)n1. The molecule has 120 valence electrons. The Labute approximate surface area is 132 Å². The number of aryl methyl sites for hydroxylation is 1. The molecule has 3 rings (SSSR count). The van der Waals surface area contributed by atoms with Crippen molar-refractivity contribution in [2.45, 2.75) is 16.7 Å². The average molecular weight is 353 g/mol. The van der Waals surface area contributed by atoms with E-state index in [4.69, 9.17) is 0 Å². The maximum absolute atomic E-state index is 11.6. The van der Waals surface area contributed by atoms with Gasteiger partial charge in [0.2, 0.25) is 0 Å². The molecule has 0 bridgehead atoms. The zero-order valence-electron chi connectivity index (χ0n) is 11.8. The monoisotopic (exact) mass is 353 g/mol. The Balaban J connectivity index is 2.60. The first-order chi connectivity index (χ1) is 10.6. The number of nitrogens with zero attached hydrogens (tertiary/aromatic N) is 1. The third-order valence-corrected chi connectivity index (χ3v) is 5.18. The minimum Gasteiger partial charge on any atom is -0.282 e. The van der Waals surface area contributed by atoms with E-state index in [2.05, 4.69) is 4.98 Å². The van der Waals surface area contributed by atoms with Gasteiger partial charge in [0, 0.05) is 16.5 Å². The third-order valence-electron chi connectivity index (χ3n) is 3.45. The van der Waals surface area contributed by atoms with Crippen molar-refractivity contribution in [1.82, 2.24) is 4.98 Å². The summed E-state index contributed by atoms with van der Waals surface area (Å²) in [6.07, 6.45) is 0. The number of pyridine rings is 1. The summed E-state index contributed by atoms with van der Waals surface area (Å²) < 4.78 is 64.6. The van der Waals surface area contributed by atoms with Crippen molar-refractivity contribution in [1.29, 1.82) is 0 Å². The number of rotatable bonds is 2. The number of hydrogen-bond acceptors (Lipinski definition) is 5. The largest absolute Gasteiger partial charge is 0.295 e. The number of aromatic nitrogens is 1. The van der Waals surface area contributed by atoms with Gasteiger partial charge in [-0.2, -0.15) is 16.8 Å². The maximum Gasteiger partial charge on any atom is 0.295 e. The number of hydrogen-bond donors (Lipinski definition) is 2. The molecule has 0 aliphatic heterocycles. The molecule has 0 atom stereocenters. The molecule has 23 heavy (non-hydrogen) atoms. The molecule has 0 saturated carbocycles. The quantitative estimate of drug-likeness (QED) is 0.535. The number of fused-ring (bicyclic) bond motifs is 3. The highest BCUT2D eigenvalue weighted by molar-refractivity contribution is 7.86. The van der Waals surface area contributed by atoms with Gasteiger partial charge in [-0.05, 0) is 36.6 Å². The van der Waals surface area contributed by atoms with Crippen molar-refractivity contribution in [3.63, 3.8) is 0 Å². The molecule has 0 spiro atoms. The lowest BCUT2D eigenvalue weighted by Gasteiger charge is -2.09. The standard InChI is InChI=1S/C14H11NO6S2/c1-8-2-3-10-12-6-9(22(16,17)18)7-14(23(19,20)21)11(12)4-5-13(10)15-8/h2-7H,1H3,(H,16,17,18)(H,19,20,21). The van der Waals surface area contributed by atoms with Crippen molar-refractivity contribution in [3.8, 4) is 0 Å². The second-order valence-electron chi connectivity index (χ2n) is 5.05. The van der Waals surface area contributed by atoms with E-state index in [1.807, 2.05) is 0 Å². The molecule has 7 nitrogen and oxygen atoms in total. The Bertz CT molecular complexity index is 1170. The molecule has 0 amide bonds. The van der Waals surface area contributed by atoms with Crippen LogP contribution in [-0.4, -0.2) is 30.9 Å². The molecule has 0 unspecified atom stereocenters. The number of benzene rings is 2. The van der Waals surface area contributed by atoms with Crippen LogP contribution in [0.5, 0.6) is 0 Å². The normalized spacial score (nSPS) is 12.8. The fourth-order valence-electron chi connectivity index (χ4n) is 2.45. The van der Waals surface area contributed by atoms with Gasteiger partial charge in [0.25, 0.3) is 20.2 Å². The fourth-order valence-corrected chi connectivity index (χ4v) is 3.79. The Kier molecular flexibility index (Phi) is 3.41. The Morgan fingerprint density at radius 2 is 1.48 bits per heavy atom. The van der Waals surface area contributed by atoms with Crippen LogP contribution in [0.3, 0.4) is 0 Å². The molecule has 0 aliphatic rings. The van der Waals surface area contributed by atoms with Gasteiger partial charge in [0.15, 0.2) is 0 Å². The summed E-state index contributed by atoms with van der Waals surface area (Å²) in [5.41, 5.74) is 1.27. The Morgan fingerprint density at radius 3 is 2.09 bits per heavy atom. The zero-order chi connectivity index (χ0) is 17.0. The molecule has 3 aromatic rings. The first-order valence-corrected chi connectivity index (χ1v) is 9.24. The van der Waals surface area contributed by atoms with Crippen molar-refractivity contribution < 1.29 is 25.9 Å². The van der Waals surface area contributed by atoms with E-state index in [0.717, 1.165) is 17.8 Å². The molecule has 0 fully saturated rings. The minimum absolute atomic E-state index is 0.137. The summed E-state index contributed by atoms with van der Waals surface area (Å²) in [6.45, 7) is 1.78. The second-order valence-corrected chi connectivity index (χ2v) is 7.86. The van der Waals surface area contributed by atoms with Crippen LogP contribution in [0.1, 0.15) is 5.69 Å². The van der Waals surface area contributed by atoms with E-state index in [1.54, 1.807) is 25.1 Å². The molecule has 0 aliphatic carbocycles. The second kappa shape index (κ2) is 4.96. The van der Waals surface area contributed by atoms with Crippen LogP contribution in [0.25, 0.3) is 21.7 Å². The van der Waals surface area contributed by atoms with E-state index in [-0.39, 0.29) is 10.8 Å². The molecule has 0 radical (unpaired) electrons. The van der Waals surface area contributed by atoms with E-state index in [1.165, 1.54) is 6.07 Å². The molecule has 1 aromatic heterocycles. The van der Waals surface area contributed by atoms with Crippen LogP contribution in [0.2, 0.25) is 0 Å². The summed E-state index contributed by atoms with van der Waals surface area (Å²) in [4.78, 5) is 3.07. The van der Waals surface area contributed by atoms with E-state index in [9.17, 15) is 25.9 Å².